The fraction of sp³-hybridized carbons (Fsp3) is 0.500. The number of carbonyl (C=O) groups is 2. The molecule has 1 aliphatic carbocycles. The smallest absolute Gasteiger partial charge is 0.408 e. The number of hydrogen-bond donors (Lipinski definition) is 2. The summed E-state index contributed by atoms with van der Waals surface area (Å²) >= 11 is 0. The molecule has 1 amide bonds. The van der Waals surface area contributed by atoms with E-state index in [9.17, 15) is 9.59 Å². The van der Waals surface area contributed by atoms with Gasteiger partial charge < -0.3 is 19.9 Å². The van der Waals surface area contributed by atoms with E-state index in [2.05, 4.69) is 5.32 Å². The Morgan fingerprint density at radius 2 is 2.00 bits per heavy atom. The summed E-state index contributed by atoms with van der Waals surface area (Å²) in [6.45, 7) is 0.429. The molecule has 2 N–H and O–H groups in total. The Bertz CT molecular complexity index is 487. The van der Waals surface area contributed by atoms with E-state index in [-0.39, 0.29) is 19.1 Å². The maximum absolute atomic E-state index is 11.7. The van der Waals surface area contributed by atoms with Crippen molar-refractivity contribution in [2.75, 3.05) is 6.61 Å². The van der Waals surface area contributed by atoms with Gasteiger partial charge in [0.1, 0.15) is 12.6 Å². The Labute approximate surface area is 129 Å². The van der Waals surface area contributed by atoms with E-state index >= 15 is 0 Å². The summed E-state index contributed by atoms with van der Waals surface area (Å²) in [6, 6.07) is 8.21. The second kappa shape index (κ2) is 8.38. The molecule has 1 saturated carbocycles. The number of ether oxygens (including phenoxy) is 2. The van der Waals surface area contributed by atoms with Gasteiger partial charge in [-0.05, 0) is 24.8 Å². The number of nitrogens with one attached hydrogen (secondary N) is 1. The number of carboxylic acids is 1. The average Bonchev–Trinajstić information content (AvgIpc) is 2.47. The predicted molar refractivity (Wildman–Crippen MR) is 79.4 cm³/mol. The third-order valence-corrected chi connectivity index (χ3v) is 3.62. The lowest BCUT2D eigenvalue weighted by Gasteiger charge is -2.26. The van der Waals surface area contributed by atoms with E-state index in [0.29, 0.717) is 6.61 Å². The third kappa shape index (κ3) is 5.37. The van der Waals surface area contributed by atoms with Gasteiger partial charge in [-0.1, -0.05) is 30.3 Å². The number of rotatable bonds is 8. The van der Waals surface area contributed by atoms with E-state index in [1.54, 1.807) is 0 Å². The van der Waals surface area contributed by atoms with Crippen LogP contribution in [0.3, 0.4) is 0 Å². The van der Waals surface area contributed by atoms with Crippen LogP contribution in [0.1, 0.15) is 31.2 Å². The van der Waals surface area contributed by atoms with E-state index < -0.39 is 18.1 Å². The van der Waals surface area contributed by atoms with Crippen molar-refractivity contribution in [3.63, 3.8) is 0 Å². The highest BCUT2D eigenvalue weighted by atomic mass is 16.5. The molecule has 120 valence electrons. The summed E-state index contributed by atoms with van der Waals surface area (Å²) in [5.74, 6) is -1.09. The van der Waals surface area contributed by atoms with Gasteiger partial charge in [0.05, 0.1) is 6.10 Å². The Balaban J connectivity index is 1.69. The first-order valence-electron chi connectivity index (χ1n) is 7.47. The van der Waals surface area contributed by atoms with Gasteiger partial charge in [0, 0.05) is 13.0 Å². The molecule has 1 aliphatic rings. The first kappa shape index (κ1) is 16.3. The number of hydrogen-bond acceptors (Lipinski definition) is 4. The summed E-state index contributed by atoms with van der Waals surface area (Å²) in [4.78, 5) is 22.8. The van der Waals surface area contributed by atoms with E-state index in [1.165, 1.54) is 0 Å². The Hall–Kier alpha value is -2.08. The van der Waals surface area contributed by atoms with Crippen molar-refractivity contribution in [2.24, 2.45) is 0 Å². The molecule has 22 heavy (non-hydrogen) atoms. The van der Waals surface area contributed by atoms with Crippen molar-refractivity contribution >= 4 is 12.1 Å². The van der Waals surface area contributed by atoms with Crippen molar-refractivity contribution in [2.45, 2.75) is 44.4 Å². The van der Waals surface area contributed by atoms with Crippen molar-refractivity contribution in [1.82, 2.24) is 5.32 Å². The Morgan fingerprint density at radius 3 is 2.59 bits per heavy atom. The van der Waals surface area contributed by atoms with Crippen LogP contribution in [-0.4, -0.2) is 35.9 Å². The SMILES string of the molecule is O=C(NC(CCOC1CCC1)C(=O)O)OCc1ccccc1. The van der Waals surface area contributed by atoms with Gasteiger partial charge >= 0.3 is 12.1 Å². The van der Waals surface area contributed by atoms with Crippen molar-refractivity contribution in [3.05, 3.63) is 35.9 Å². The van der Waals surface area contributed by atoms with Crippen LogP contribution in [0.4, 0.5) is 4.79 Å². The van der Waals surface area contributed by atoms with E-state index in [0.717, 1.165) is 24.8 Å². The quantitative estimate of drug-likeness (QED) is 0.770. The molecule has 0 radical (unpaired) electrons. The van der Waals surface area contributed by atoms with Crippen molar-refractivity contribution < 1.29 is 24.2 Å². The van der Waals surface area contributed by atoms with Crippen LogP contribution in [-0.2, 0) is 20.9 Å². The Morgan fingerprint density at radius 1 is 1.27 bits per heavy atom. The Kier molecular flexibility index (Phi) is 6.21. The molecule has 1 atom stereocenters. The van der Waals surface area contributed by atoms with Gasteiger partial charge in [0.15, 0.2) is 0 Å². The molecule has 6 heteroatoms. The molecule has 0 aliphatic heterocycles. The molecule has 2 rings (SSSR count). The van der Waals surface area contributed by atoms with Crippen LogP contribution in [0.15, 0.2) is 30.3 Å². The van der Waals surface area contributed by atoms with Gasteiger partial charge in [0.25, 0.3) is 0 Å². The number of amides is 1. The zero-order chi connectivity index (χ0) is 15.8. The maximum atomic E-state index is 11.7. The average molecular weight is 307 g/mol. The minimum absolute atomic E-state index is 0.109. The lowest BCUT2D eigenvalue weighted by atomic mass is 9.96. The molecule has 1 aromatic carbocycles. The zero-order valence-corrected chi connectivity index (χ0v) is 12.4. The largest absolute Gasteiger partial charge is 0.480 e. The monoisotopic (exact) mass is 307 g/mol. The molecule has 1 fully saturated rings. The number of benzene rings is 1. The lowest BCUT2D eigenvalue weighted by molar-refractivity contribution is -0.140. The second-order valence-electron chi connectivity index (χ2n) is 5.31. The fourth-order valence-corrected chi connectivity index (χ4v) is 2.05. The van der Waals surface area contributed by atoms with E-state index in [1.807, 2.05) is 30.3 Å². The van der Waals surface area contributed by atoms with Gasteiger partial charge in [-0.3, -0.25) is 0 Å². The van der Waals surface area contributed by atoms with Gasteiger partial charge in [-0.25, -0.2) is 9.59 Å². The first-order chi connectivity index (χ1) is 10.6. The molecular weight excluding hydrogens is 286 g/mol. The molecule has 6 nitrogen and oxygen atoms in total. The van der Waals surface area contributed by atoms with Crippen LogP contribution in [0.2, 0.25) is 0 Å². The third-order valence-electron chi connectivity index (χ3n) is 3.62. The van der Waals surface area contributed by atoms with Crippen molar-refractivity contribution in [1.29, 1.82) is 0 Å². The molecule has 1 unspecified atom stereocenters. The highest BCUT2D eigenvalue weighted by Crippen LogP contribution is 2.21. The molecule has 0 heterocycles. The topological polar surface area (TPSA) is 84.9 Å². The summed E-state index contributed by atoms with van der Waals surface area (Å²) in [5.41, 5.74) is 0.845. The van der Waals surface area contributed by atoms with Crippen LogP contribution >= 0.6 is 0 Å². The van der Waals surface area contributed by atoms with Gasteiger partial charge in [0.2, 0.25) is 0 Å². The van der Waals surface area contributed by atoms with Crippen LogP contribution < -0.4 is 5.32 Å². The second-order valence-corrected chi connectivity index (χ2v) is 5.31. The molecule has 0 aromatic heterocycles. The molecular formula is C16H21NO5. The summed E-state index contributed by atoms with van der Waals surface area (Å²) in [5, 5.41) is 11.5. The number of carboxylic acid groups (broad SMARTS) is 1. The lowest BCUT2D eigenvalue weighted by Crippen LogP contribution is -2.42. The summed E-state index contributed by atoms with van der Waals surface area (Å²) < 4.78 is 10.5. The minimum Gasteiger partial charge on any atom is -0.480 e. The van der Waals surface area contributed by atoms with E-state index in [4.69, 9.17) is 14.6 Å². The number of alkyl carbamates (subject to hydrolysis) is 1. The van der Waals surface area contributed by atoms with Crippen LogP contribution in [0.5, 0.6) is 0 Å². The maximum Gasteiger partial charge on any atom is 0.408 e. The standard InChI is InChI=1S/C16H21NO5/c18-15(19)14(9-10-21-13-7-4-8-13)17-16(20)22-11-12-5-2-1-3-6-12/h1-3,5-6,13-14H,4,7-11H2,(H,17,20)(H,18,19). The van der Waals surface area contributed by atoms with Crippen LogP contribution in [0, 0.1) is 0 Å². The van der Waals surface area contributed by atoms with Crippen molar-refractivity contribution in [3.8, 4) is 0 Å². The minimum atomic E-state index is -1.09. The number of aliphatic carboxylic acids is 1. The predicted octanol–water partition coefficient (Wildman–Crippen LogP) is 2.33. The van der Waals surface area contributed by atoms with Crippen LogP contribution in [0.25, 0.3) is 0 Å². The summed E-state index contributed by atoms with van der Waals surface area (Å²) in [6.07, 6.45) is 2.97. The molecule has 1 aromatic rings. The zero-order valence-electron chi connectivity index (χ0n) is 12.4. The van der Waals surface area contributed by atoms with Gasteiger partial charge in [-0.2, -0.15) is 0 Å². The normalized spacial score (nSPS) is 15.6. The number of carbonyl (C=O) groups excluding carboxylic acids is 1. The summed E-state index contributed by atoms with van der Waals surface area (Å²) in [7, 11) is 0. The molecule has 0 bridgehead atoms. The highest BCUT2D eigenvalue weighted by molar-refractivity contribution is 5.79. The first-order valence-corrected chi connectivity index (χ1v) is 7.47. The van der Waals surface area contributed by atoms with Gasteiger partial charge in [-0.15, -0.1) is 0 Å². The molecule has 0 saturated heterocycles. The molecule has 0 spiro atoms. The fourth-order valence-electron chi connectivity index (χ4n) is 2.05. The highest BCUT2D eigenvalue weighted by Gasteiger charge is 2.23.